The van der Waals surface area contributed by atoms with Gasteiger partial charge in [-0.2, -0.15) is 0 Å². The van der Waals surface area contributed by atoms with E-state index >= 15 is 0 Å². The molecule has 0 amide bonds. The molecule has 6 nitrogen and oxygen atoms in total. The Morgan fingerprint density at radius 2 is 0.532 bits per heavy atom. The monoisotopic (exact) mass is 1100 g/mol. The molecular formula is C73H124O6. The quantitative estimate of drug-likeness (QED) is 0.0261. The van der Waals surface area contributed by atoms with Crippen LogP contribution in [0.15, 0.2) is 109 Å². The summed E-state index contributed by atoms with van der Waals surface area (Å²) >= 11 is 0. The van der Waals surface area contributed by atoms with Crippen LogP contribution in [0.1, 0.15) is 316 Å². The SMILES string of the molecule is CC/C=C\C/C=C\C/C=C\C/C=C\C/C=C\CC(=O)OC(COC(=O)CC/C=C\C/C=C\C/C=C\C/C=C\CC)COC(=O)CCCCCCCCCCCCCCCCCCCCCCCCCCCCCCCCCCC. The van der Waals surface area contributed by atoms with Crippen LogP contribution >= 0.6 is 0 Å². The number of carbonyl (C=O) groups excluding carboxylic acids is 3. The molecule has 1 unspecified atom stereocenters. The van der Waals surface area contributed by atoms with Crippen LogP contribution in [0.3, 0.4) is 0 Å². The topological polar surface area (TPSA) is 78.9 Å². The van der Waals surface area contributed by atoms with Crippen LogP contribution in [0.4, 0.5) is 0 Å². The van der Waals surface area contributed by atoms with E-state index in [4.69, 9.17) is 14.2 Å². The predicted octanol–water partition coefficient (Wildman–Crippen LogP) is 23.0. The van der Waals surface area contributed by atoms with E-state index in [1.54, 1.807) is 6.08 Å². The van der Waals surface area contributed by atoms with Gasteiger partial charge < -0.3 is 14.2 Å². The van der Waals surface area contributed by atoms with E-state index in [0.29, 0.717) is 19.3 Å². The molecule has 0 spiro atoms. The molecule has 0 bridgehead atoms. The molecule has 0 N–H and O–H groups in total. The zero-order chi connectivity index (χ0) is 57.1. The van der Waals surface area contributed by atoms with Gasteiger partial charge >= 0.3 is 17.9 Å². The van der Waals surface area contributed by atoms with Crippen LogP contribution in [-0.4, -0.2) is 37.2 Å². The van der Waals surface area contributed by atoms with E-state index in [0.717, 1.165) is 70.6 Å². The van der Waals surface area contributed by atoms with Gasteiger partial charge in [0.05, 0.1) is 6.42 Å². The van der Waals surface area contributed by atoms with Gasteiger partial charge in [-0.05, 0) is 70.6 Å². The van der Waals surface area contributed by atoms with Crippen molar-refractivity contribution in [3.05, 3.63) is 109 Å². The summed E-state index contributed by atoms with van der Waals surface area (Å²) in [7, 11) is 0. The fraction of sp³-hybridized carbons (Fsp3) is 0.712. The molecule has 6 heteroatoms. The molecule has 0 aromatic carbocycles. The molecule has 79 heavy (non-hydrogen) atoms. The lowest BCUT2D eigenvalue weighted by atomic mass is 10.0. The van der Waals surface area contributed by atoms with Gasteiger partial charge in [0.25, 0.3) is 0 Å². The molecule has 0 aliphatic carbocycles. The maximum atomic E-state index is 12.8. The highest BCUT2D eigenvalue weighted by Gasteiger charge is 2.19. The van der Waals surface area contributed by atoms with Gasteiger partial charge in [0.15, 0.2) is 6.10 Å². The Morgan fingerprint density at radius 3 is 0.835 bits per heavy atom. The summed E-state index contributed by atoms with van der Waals surface area (Å²) in [6, 6.07) is 0. The average Bonchev–Trinajstić information content (AvgIpc) is 3.45. The standard InChI is InChI=1S/C73H124O6/c1-4-7-10-13-16-19-22-25-27-28-29-30-31-32-33-34-35-36-37-38-39-40-41-42-43-44-46-48-51-54-57-60-63-66-72(75)78-69-70(68-77-71(74)65-62-59-56-53-50-47-24-21-18-15-12-9-6-3)79-73(76)67-64-61-58-55-52-49-45-26-23-20-17-14-11-8-5-2/h8-9,11-12,17-18,20-21,26,45,47,50,52,55-56,59,61,64,70H,4-7,10,13-16,19,22-25,27-44,46,48-49,51,53-54,57-58,60,62-63,65-69H2,1-3H3/b11-8-,12-9-,20-17-,21-18-,45-26-,50-47-,55-52-,59-56-,64-61-. The zero-order valence-electron chi connectivity index (χ0n) is 51.9. The van der Waals surface area contributed by atoms with Crippen LogP contribution in [-0.2, 0) is 28.6 Å². The van der Waals surface area contributed by atoms with E-state index in [-0.39, 0.29) is 38.0 Å². The zero-order valence-corrected chi connectivity index (χ0v) is 51.9. The summed E-state index contributed by atoms with van der Waals surface area (Å²) < 4.78 is 16.7. The fourth-order valence-electron chi connectivity index (χ4n) is 9.42. The van der Waals surface area contributed by atoms with Gasteiger partial charge in [-0.1, -0.05) is 336 Å². The van der Waals surface area contributed by atoms with E-state index in [2.05, 4.69) is 106 Å². The van der Waals surface area contributed by atoms with Gasteiger partial charge in [0, 0.05) is 12.8 Å². The van der Waals surface area contributed by atoms with Crippen molar-refractivity contribution >= 4 is 17.9 Å². The summed E-state index contributed by atoms with van der Waals surface area (Å²) in [6.07, 6.45) is 91.9. The van der Waals surface area contributed by atoms with E-state index in [9.17, 15) is 14.4 Å². The highest BCUT2D eigenvalue weighted by Crippen LogP contribution is 2.18. The maximum Gasteiger partial charge on any atom is 0.310 e. The van der Waals surface area contributed by atoms with Crippen molar-refractivity contribution in [1.29, 1.82) is 0 Å². The van der Waals surface area contributed by atoms with Crippen molar-refractivity contribution in [2.24, 2.45) is 0 Å². The van der Waals surface area contributed by atoms with E-state index < -0.39 is 12.1 Å². The molecule has 452 valence electrons. The molecule has 0 aliphatic rings. The highest BCUT2D eigenvalue weighted by atomic mass is 16.6. The second-order valence-electron chi connectivity index (χ2n) is 22.0. The van der Waals surface area contributed by atoms with Crippen molar-refractivity contribution in [1.82, 2.24) is 0 Å². The summed E-state index contributed by atoms with van der Waals surface area (Å²) in [5.74, 6) is -1.15. The lowest BCUT2D eigenvalue weighted by molar-refractivity contribution is -0.166. The van der Waals surface area contributed by atoms with Crippen molar-refractivity contribution in [2.45, 2.75) is 322 Å². The minimum atomic E-state index is -0.862. The highest BCUT2D eigenvalue weighted by molar-refractivity contribution is 5.72. The van der Waals surface area contributed by atoms with Crippen molar-refractivity contribution < 1.29 is 28.6 Å². The number of allylic oxidation sites excluding steroid dienone is 17. The minimum absolute atomic E-state index is 0.0808. The number of unbranched alkanes of at least 4 members (excludes halogenated alkanes) is 32. The molecule has 0 rings (SSSR count). The Hall–Kier alpha value is -3.93. The second-order valence-corrected chi connectivity index (χ2v) is 22.0. The summed E-state index contributed by atoms with van der Waals surface area (Å²) in [5, 5.41) is 0. The Labute approximate surface area is 489 Å². The predicted molar refractivity (Wildman–Crippen MR) is 343 cm³/mol. The summed E-state index contributed by atoms with van der Waals surface area (Å²) in [4.78, 5) is 38.1. The Morgan fingerprint density at radius 1 is 0.278 bits per heavy atom. The lowest BCUT2D eigenvalue weighted by Crippen LogP contribution is -2.30. The Balaban J connectivity index is 4.19. The molecule has 0 fully saturated rings. The molecule has 0 saturated carbocycles. The number of esters is 3. The first-order chi connectivity index (χ1) is 39.0. The van der Waals surface area contributed by atoms with Crippen molar-refractivity contribution in [3.63, 3.8) is 0 Å². The lowest BCUT2D eigenvalue weighted by Gasteiger charge is -2.18. The Kier molecular flexibility index (Phi) is 63.3. The summed E-state index contributed by atoms with van der Waals surface area (Å²) in [6.45, 7) is 6.29. The molecule has 0 aromatic rings. The minimum Gasteiger partial charge on any atom is -0.462 e. The van der Waals surface area contributed by atoms with Gasteiger partial charge in [-0.25, -0.2) is 0 Å². The van der Waals surface area contributed by atoms with E-state index in [1.165, 1.54) is 193 Å². The van der Waals surface area contributed by atoms with Crippen molar-refractivity contribution in [2.75, 3.05) is 13.2 Å². The molecule has 1 atom stereocenters. The normalized spacial score (nSPS) is 12.8. The number of hydrogen-bond donors (Lipinski definition) is 0. The Bertz CT molecular complexity index is 1590. The average molecular weight is 1100 g/mol. The largest absolute Gasteiger partial charge is 0.462 e. The third-order valence-electron chi connectivity index (χ3n) is 14.3. The van der Waals surface area contributed by atoms with Gasteiger partial charge in [0.1, 0.15) is 13.2 Å². The number of carbonyl (C=O) groups is 3. The fourth-order valence-corrected chi connectivity index (χ4v) is 9.42. The van der Waals surface area contributed by atoms with Gasteiger partial charge in [-0.3, -0.25) is 14.4 Å². The third-order valence-corrected chi connectivity index (χ3v) is 14.3. The third kappa shape index (κ3) is 64.8. The molecule has 0 aliphatic heterocycles. The molecular weight excluding hydrogens is 973 g/mol. The number of ether oxygens (including phenoxy) is 3. The molecule has 0 saturated heterocycles. The number of rotatable bonds is 60. The van der Waals surface area contributed by atoms with Crippen LogP contribution in [0.25, 0.3) is 0 Å². The van der Waals surface area contributed by atoms with Crippen LogP contribution in [0.2, 0.25) is 0 Å². The molecule has 0 aromatic heterocycles. The van der Waals surface area contributed by atoms with Gasteiger partial charge in [-0.15, -0.1) is 0 Å². The number of hydrogen-bond acceptors (Lipinski definition) is 6. The first-order valence-electron chi connectivity index (χ1n) is 33.4. The molecule has 0 heterocycles. The first-order valence-corrected chi connectivity index (χ1v) is 33.4. The van der Waals surface area contributed by atoms with Crippen LogP contribution in [0, 0.1) is 0 Å². The van der Waals surface area contributed by atoms with Crippen molar-refractivity contribution in [3.8, 4) is 0 Å². The second kappa shape index (κ2) is 66.6. The summed E-state index contributed by atoms with van der Waals surface area (Å²) in [5.41, 5.74) is 0. The van der Waals surface area contributed by atoms with Crippen LogP contribution in [0.5, 0.6) is 0 Å². The first kappa shape index (κ1) is 75.1. The van der Waals surface area contributed by atoms with E-state index in [1.807, 2.05) is 18.2 Å². The maximum absolute atomic E-state index is 12.8. The molecule has 0 radical (unpaired) electrons. The van der Waals surface area contributed by atoms with Crippen LogP contribution < -0.4 is 0 Å². The van der Waals surface area contributed by atoms with Gasteiger partial charge in [0.2, 0.25) is 0 Å². The smallest absolute Gasteiger partial charge is 0.310 e.